The Bertz CT molecular complexity index is 310. The molecule has 0 amide bonds. The maximum absolute atomic E-state index is 11.9. The highest BCUT2D eigenvalue weighted by Crippen LogP contribution is 2.21. The lowest BCUT2D eigenvalue weighted by atomic mass is 10.2. The molecule has 0 aromatic carbocycles. The molecule has 1 rings (SSSR count). The third kappa shape index (κ3) is 3.86. The Labute approximate surface area is 84.6 Å². The van der Waals surface area contributed by atoms with Crippen molar-refractivity contribution in [1.29, 1.82) is 0 Å². The number of halogens is 3. The molecule has 86 valence electrons. The molecule has 1 heterocycles. The molecule has 0 saturated heterocycles. The van der Waals surface area contributed by atoms with Crippen LogP contribution in [-0.2, 0) is 6.42 Å². The van der Waals surface area contributed by atoms with E-state index in [9.17, 15) is 13.2 Å². The lowest BCUT2D eigenvalue weighted by Gasteiger charge is -2.02. The Morgan fingerprint density at radius 2 is 2.13 bits per heavy atom. The van der Waals surface area contributed by atoms with Crippen molar-refractivity contribution in [3.05, 3.63) is 11.7 Å². The van der Waals surface area contributed by atoms with Crippen LogP contribution in [0.25, 0.3) is 0 Å². The monoisotopic (exact) mass is 223 g/mol. The molecule has 2 N–H and O–H groups in total. The normalized spacial score (nSPS) is 14.2. The zero-order chi connectivity index (χ0) is 11.5. The van der Waals surface area contributed by atoms with Gasteiger partial charge in [-0.2, -0.15) is 18.2 Å². The molecular weight excluding hydrogens is 211 g/mol. The van der Waals surface area contributed by atoms with E-state index in [-0.39, 0.29) is 24.1 Å². The Hall–Kier alpha value is -1.11. The van der Waals surface area contributed by atoms with E-state index < -0.39 is 12.6 Å². The summed E-state index contributed by atoms with van der Waals surface area (Å²) in [7, 11) is 0. The Morgan fingerprint density at radius 1 is 1.47 bits per heavy atom. The second-order valence-corrected chi connectivity index (χ2v) is 3.30. The van der Waals surface area contributed by atoms with Crippen LogP contribution in [0.15, 0.2) is 4.52 Å². The molecule has 1 unspecified atom stereocenters. The number of rotatable bonds is 4. The molecule has 0 saturated carbocycles. The lowest BCUT2D eigenvalue weighted by Crippen LogP contribution is -2.10. The highest BCUT2D eigenvalue weighted by molar-refractivity contribution is 4.93. The molecule has 0 aliphatic heterocycles. The average Bonchev–Trinajstić information content (AvgIpc) is 2.61. The van der Waals surface area contributed by atoms with Gasteiger partial charge in [-0.25, -0.2) is 0 Å². The van der Waals surface area contributed by atoms with Gasteiger partial charge in [0, 0.05) is 18.9 Å². The molecule has 1 aromatic rings. The average molecular weight is 223 g/mol. The van der Waals surface area contributed by atoms with Crippen LogP contribution in [0.3, 0.4) is 0 Å². The number of nitrogens with two attached hydrogens (primary N) is 1. The summed E-state index contributed by atoms with van der Waals surface area (Å²) in [4.78, 5) is 3.83. The van der Waals surface area contributed by atoms with E-state index in [0.717, 1.165) is 0 Å². The second kappa shape index (κ2) is 4.61. The summed E-state index contributed by atoms with van der Waals surface area (Å²) in [5.74, 6) is 0.231. The van der Waals surface area contributed by atoms with Crippen molar-refractivity contribution >= 4 is 0 Å². The number of hydrogen-bond donors (Lipinski definition) is 1. The molecule has 4 nitrogen and oxygen atoms in total. The van der Waals surface area contributed by atoms with Gasteiger partial charge in [0.05, 0.1) is 6.42 Å². The van der Waals surface area contributed by atoms with E-state index in [0.29, 0.717) is 6.54 Å². The zero-order valence-corrected chi connectivity index (χ0v) is 8.21. The first-order chi connectivity index (χ1) is 6.92. The lowest BCUT2D eigenvalue weighted by molar-refractivity contribution is -0.134. The van der Waals surface area contributed by atoms with E-state index in [2.05, 4.69) is 10.1 Å². The van der Waals surface area contributed by atoms with E-state index >= 15 is 0 Å². The number of aromatic nitrogens is 2. The van der Waals surface area contributed by atoms with Crippen molar-refractivity contribution in [2.45, 2.75) is 31.9 Å². The van der Waals surface area contributed by atoms with Crippen LogP contribution in [0, 0.1) is 0 Å². The molecule has 1 aromatic heterocycles. The summed E-state index contributed by atoms with van der Waals surface area (Å²) in [5.41, 5.74) is 5.35. The molecule has 0 radical (unpaired) electrons. The second-order valence-electron chi connectivity index (χ2n) is 3.30. The number of alkyl halides is 3. The summed E-state index contributed by atoms with van der Waals surface area (Å²) in [6.45, 7) is 2.09. The number of aryl methyl sites for hydroxylation is 1. The summed E-state index contributed by atoms with van der Waals surface area (Å²) >= 11 is 0. The predicted octanol–water partition coefficient (Wildman–Crippen LogP) is 1.63. The van der Waals surface area contributed by atoms with E-state index in [1.165, 1.54) is 0 Å². The maximum Gasteiger partial charge on any atom is 0.389 e. The van der Waals surface area contributed by atoms with E-state index in [4.69, 9.17) is 10.3 Å². The van der Waals surface area contributed by atoms with Crippen molar-refractivity contribution in [1.82, 2.24) is 10.1 Å². The van der Waals surface area contributed by atoms with Gasteiger partial charge in [0.1, 0.15) is 0 Å². The smallest absolute Gasteiger partial charge is 0.339 e. The van der Waals surface area contributed by atoms with Crippen molar-refractivity contribution < 1.29 is 17.7 Å². The van der Waals surface area contributed by atoms with Crippen LogP contribution in [0.2, 0.25) is 0 Å². The zero-order valence-electron chi connectivity index (χ0n) is 8.21. The van der Waals surface area contributed by atoms with E-state index in [1.807, 2.05) is 0 Å². The molecule has 1 atom stereocenters. The highest BCUT2D eigenvalue weighted by Gasteiger charge is 2.27. The summed E-state index contributed by atoms with van der Waals surface area (Å²) < 4.78 is 40.4. The Balaban J connectivity index is 2.53. The molecule has 0 aliphatic carbocycles. The maximum atomic E-state index is 11.9. The first-order valence-electron chi connectivity index (χ1n) is 4.51. The van der Waals surface area contributed by atoms with Gasteiger partial charge in [0.2, 0.25) is 5.89 Å². The number of nitrogens with zero attached hydrogens (tertiary/aromatic N) is 2. The highest BCUT2D eigenvalue weighted by atomic mass is 19.4. The summed E-state index contributed by atoms with van der Waals surface area (Å²) in [6, 6.07) is 0. The fourth-order valence-electron chi connectivity index (χ4n) is 0.924. The van der Waals surface area contributed by atoms with Crippen molar-refractivity contribution in [2.75, 3.05) is 6.54 Å². The van der Waals surface area contributed by atoms with Crippen molar-refractivity contribution in [2.24, 2.45) is 5.73 Å². The van der Waals surface area contributed by atoms with Crippen LogP contribution in [-0.4, -0.2) is 22.9 Å². The van der Waals surface area contributed by atoms with Crippen LogP contribution < -0.4 is 5.73 Å². The van der Waals surface area contributed by atoms with E-state index in [1.54, 1.807) is 6.92 Å². The van der Waals surface area contributed by atoms with Crippen molar-refractivity contribution in [3.63, 3.8) is 0 Å². The van der Waals surface area contributed by atoms with Gasteiger partial charge in [-0.3, -0.25) is 0 Å². The SMILES string of the molecule is CC(CN)c1nc(CCC(F)(F)F)no1. The van der Waals surface area contributed by atoms with Gasteiger partial charge in [0.25, 0.3) is 0 Å². The molecular formula is C8H12F3N3O. The third-order valence-corrected chi connectivity index (χ3v) is 1.89. The van der Waals surface area contributed by atoms with Gasteiger partial charge in [0.15, 0.2) is 5.82 Å². The fraction of sp³-hybridized carbons (Fsp3) is 0.750. The van der Waals surface area contributed by atoms with Gasteiger partial charge in [-0.1, -0.05) is 12.1 Å². The predicted molar refractivity (Wildman–Crippen MR) is 46.1 cm³/mol. The van der Waals surface area contributed by atoms with Gasteiger partial charge >= 0.3 is 6.18 Å². The quantitative estimate of drug-likeness (QED) is 0.842. The summed E-state index contributed by atoms with van der Waals surface area (Å²) in [5, 5.41) is 3.45. The standard InChI is InChI=1S/C8H12F3N3O/c1-5(4-12)7-13-6(14-15-7)2-3-8(9,10)11/h5H,2-4,12H2,1H3. The summed E-state index contributed by atoms with van der Waals surface area (Å²) in [6.07, 6.45) is -5.40. The van der Waals surface area contributed by atoms with Gasteiger partial charge in [-0.05, 0) is 0 Å². The van der Waals surface area contributed by atoms with Crippen LogP contribution >= 0.6 is 0 Å². The van der Waals surface area contributed by atoms with Gasteiger partial charge in [-0.15, -0.1) is 0 Å². The largest absolute Gasteiger partial charge is 0.389 e. The first kappa shape index (κ1) is 12.0. The Kier molecular flexibility index (Phi) is 3.67. The fourth-order valence-corrected chi connectivity index (χ4v) is 0.924. The van der Waals surface area contributed by atoms with Crippen LogP contribution in [0.4, 0.5) is 13.2 Å². The molecule has 0 bridgehead atoms. The van der Waals surface area contributed by atoms with Crippen molar-refractivity contribution in [3.8, 4) is 0 Å². The molecule has 0 fully saturated rings. The minimum absolute atomic E-state index is 0.0719. The van der Waals surface area contributed by atoms with Gasteiger partial charge < -0.3 is 10.3 Å². The minimum Gasteiger partial charge on any atom is -0.339 e. The molecule has 0 spiro atoms. The molecule has 7 heteroatoms. The third-order valence-electron chi connectivity index (χ3n) is 1.89. The van der Waals surface area contributed by atoms with Crippen LogP contribution in [0.5, 0.6) is 0 Å². The topological polar surface area (TPSA) is 64.9 Å². The minimum atomic E-state index is -4.19. The first-order valence-corrected chi connectivity index (χ1v) is 4.51. The Morgan fingerprint density at radius 3 is 2.67 bits per heavy atom. The number of hydrogen-bond acceptors (Lipinski definition) is 4. The molecule has 0 aliphatic rings. The van der Waals surface area contributed by atoms with Crippen LogP contribution in [0.1, 0.15) is 31.0 Å². The molecule has 15 heavy (non-hydrogen) atoms.